The molecular weight excluding hydrogens is 265 g/mol. The van der Waals surface area contributed by atoms with Crippen LogP contribution in [0.3, 0.4) is 0 Å². The Kier molecular flexibility index (Phi) is 3.61. The van der Waals surface area contributed by atoms with Gasteiger partial charge in [0, 0.05) is 17.5 Å². The number of carbonyl (C=O) groups excluding carboxylic acids is 1. The zero-order chi connectivity index (χ0) is 13.1. The van der Waals surface area contributed by atoms with Crippen molar-refractivity contribution < 1.29 is 18.0 Å². The van der Waals surface area contributed by atoms with Crippen molar-refractivity contribution in [1.29, 1.82) is 0 Å². The summed E-state index contributed by atoms with van der Waals surface area (Å²) in [7, 11) is 0. The molecule has 1 N–H and O–H groups in total. The van der Waals surface area contributed by atoms with Crippen LogP contribution in [0.15, 0.2) is 23.0 Å². The van der Waals surface area contributed by atoms with Crippen molar-refractivity contribution in [3.63, 3.8) is 0 Å². The van der Waals surface area contributed by atoms with Gasteiger partial charge in [-0.05, 0) is 6.07 Å². The second kappa shape index (κ2) is 5.18. The Hall–Kier alpha value is -1.89. The molecule has 0 spiro atoms. The van der Waals surface area contributed by atoms with E-state index in [0.717, 1.165) is 12.1 Å². The molecule has 0 aliphatic rings. The van der Waals surface area contributed by atoms with Gasteiger partial charge in [0.2, 0.25) is 0 Å². The van der Waals surface area contributed by atoms with Crippen LogP contribution in [0.2, 0.25) is 0 Å². The molecule has 2 rings (SSSR count). The van der Waals surface area contributed by atoms with E-state index in [1.54, 1.807) is 0 Å². The number of thiazole rings is 1. The molecule has 0 unspecified atom stereocenters. The summed E-state index contributed by atoms with van der Waals surface area (Å²) in [5, 5.41) is 3.89. The van der Waals surface area contributed by atoms with Gasteiger partial charge >= 0.3 is 0 Å². The van der Waals surface area contributed by atoms with Crippen molar-refractivity contribution in [2.45, 2.75) is 6.54 Å². The van der Waals surface area contributed by atoms with Crippen LogP contribution < -0.4 is 5.32 Å². The fourth-order valence-electron chi connectivity index (χ4n) is 1.29. The number of rotatable bonds is 3. The van der Waals surface area contributed by atoms with Crippen molar-refractivity contribution in [1.82, 2.24) is 10.3 Å². The standard InChI is InChI=1S/C11H7F3N2OS/c12-7-2-1-6(9(13)10(7)14)3-15-11(17)8-4-18-5-16-8/h1-2,4-5H,3H2,(H,15,17). The Morgan fingerprint density at radius 1 is 1.28 bits per heavy atom. The van der Waals surface area contributed by atoms with E-state index in [4.69, 9.17) is 0 Å². The maximum Gasteiger partial charge on any atom is 0.271 e. The average molecular weight is 272 g/mol. The van der Waals surface area contributed by atoms with Crippen LogP contribution in [0, 0.1) is 17.5 Å². The molecule has 2 aromatic rings. The SMILES string of the molecule is O=C(NCc1ccc(F)c(F)c1F)c1cscn1. The van der Waals surface area contributed by atoms with Crippen LogP contribution in [0.4, 0.5) is 13.2 Å². The molecule has 0 fully saturated rings. The van der Waals surface area contributed by atoms with E-state index in [-0.39, 0.29) is 17.8 Å². The number of hydrogen-bond acceptors (Lipinski definition) is 3. The third-order valence-corrected chi connectivity index (χ3v) is 2.81. The van der Waals surface area contributed by atoms with Gasteiger partial charge in [0.25, 0.3) is 5.91 Å². The van der Waals surface area contributed by atoms with Gasteiger partial charge in [-0.3, -0.25) is 4.79 Å². The highest BCUT2D eigenvalue weighted by Gasteiger charge is 2.14. The van der Waals surface area contributed by atoms with Gasteiger partial charge in [0.15, 0.2) is 17.5 Å². The van der Waals surface area contributed by atoms with Crippen molar-refractivity contribution in [2.24, 2.45) is 0 Å². The Balaban J connectivity index is 2.07. The molecule has 0 radical (unpaired) electrons. The molecule has 0 saturated heterocycles. The van der Waals surface area contributed by atoms with Crippen molar-refractivity contribution >= 4 is 17.2 Å². The third kappa shape index (κ3) is 2.51. The summed E-state index contributed by atoms with van der Waals surface area (Å²) in [5.74, 6) is -4.61. The molecule has 1 amide bonds. The molecule has 0 aliphatic carbocycles. The van der Waals surface area contributed by atoms with Crippen LogP contribution in [0.5, 0.6) is 0 Å². The number of nitrogens with one attached hydrogen (secondary N) is 1. The van der Waals surface area contributed by atoms with Crippen molar-refractivity contribution in [3.8, 4) is 0 Å². The van der Waals surface area contributed by atoms with E-state index in [1.165, 1.54) is 22.2 Å². The molecule has 0 aliphatic heterocycles. The fraction of sp³-hybridized carbons (Fsp3) is 0.0909. The first-order chi connectivity index (χ1) is 8.59. The monoisotopic (exact) mass is 272 g/mol. The maximum atomic E-state index is 13.3. The fourth-order valence-corrected chi connectivity index (χ4v) is 1.83. The van der Waals surface area contributed by atoms with Gasteiger partial charge < -0.3 is 5.32 Å². The van der Waals surface area contributed by atoms with Gasteiger partial charge in [-0.1, -0.05) is 6.07 Å². The molecule has 0 saturated carbocycles. The lowest BCUT2D eigenvalue weighted by molar-refractivity contribution is 0.0946. The maximum absolute atomic E-state index is 13.3. The average Bonchev–Trinajstić information content (AvgIpc) is 2.89. The summed E-state index contributed by atoms with van der Waals surface area (Å²) in [4.78, 5) is 15.2. The minimum atomic E-state index is -1.55. The summed E-state index contributed by atoms with van der Waals surface area (Å²) >= 11 is 1.24. The van der Waals surface area contributed by atoms with E-state index in [1.807, 2.05) is 0 Å². The highest BCUT2D eigenvalue weighted by atomic mass is 32.1. The minimum Gasteiger partial charge on any atom is -0.346 e. The highest BCUT2D eigenvalue weighted by Crippen LogP contribution is 2.15. The largest absolute Gasteiger partial charge is 0.346 e. The van der Waals surface area contributed by atoms with Crippen LogP contribution >= 0.6 is 11.3 Å². The van der Waals surface area contributed by atoms with Gasteiger partial charge in [-0.15, -0.1) is 11.3 Å². The first-order valence-corrected chi connectivity index (χ1v) is 5.82. The van der Waals surface area contributed by atoms with Crippen LogP contribution in [0.25, 0.3) is 0 Å². The second-order valence-corrected chi connectivity index (χ2v) is 4.11. The predicted molar refractivity (Wildman–Crippen MR) is 59.6 cm³/mol. The molecule has 18 heavy (non-hydrogen) atoms. The Morgan fingerprint density at radius 3 is 2.72 bits per heavy atom. The third-order valence-electron chi connectivity index (χ3n) is 2.22. The first kappa shape index (κ1) is 12.6. The molecule has 94 valence electrons. The number of nitrogens with zero attached hydrogens (tertiary/aromatic N) is 1. The summed E-state index contributed by atoms with van der Waals surface area (Å²) in [6.07, 6.45) is 0. The lowest BCUT2D eigenvalue weighted by atomic mass is 10.2. The first-order valence-electron chi connectivity index (χ1n) is 4.88. The Morgan fingerprint density at radius 2 is 2.06 bits per heavy atom. The van der Waals surface area contributed by atoms with Crippen LogP contribution in [-0.2, 0) is 6.54 Å². The van der Waals surface area contributed by atoms with Gasteiger partial charge in [-0.2, -0.15) is 0 Å². The molecule has 0 atom stereocenters. The number of carbonyl (C=O) groups is 1. The van der Waals surface area contributed by atoms with E-state index in [9.17, 15) is 18.0 Å². The molecule has 1 aromatic heterocycles. The van der Waals surface area contributed by atoms with Gasteiger partial charge in [0.05, 0.1) is 5.51 Å². The van der Waals surface area contributed by atoms with Gasteiger partial charge in [-0.25, -0.2) is 18.2 Å². The Labute approximate surface area is 104 Å². The normalized spacial score (nSPS) is 10.4. The van der Waals surface area contributed by atoms with Crippen LogP contribution in [-0.4, -0.2) is 10.9 Å². The lowest BCUT2D eigenvalue weighted by Gasteiger charge is -2.05. The molecule has 0 bridgehead atoms. The van der Waals surface area contributed by atoms with Crippen LogP contribution in [0.1, 0.15) is 16.1 Å². The lowest BCUT2D eigenvalue weighted by Crippen LogP contribution is -2.23. The topological polar surface area (TPSA) is 42.0 Å². The number of amides is 1. The number of hydrogen-bond donors (Lipinski definition) is 1. The summed E-state index contributed by atoms with van der Waals surface area (Å²) in [6.45, 7) is -0.237. The highest BCUT2D eigenvalue weighted by molar-refractivity contribution is 7.07. The molecular formula is C11H7F3N2OS. The summed E-state index contributed by atoms with van der Waals surface area (Å²) < 4.78 is 38.9. The number of aromatic nitrogens is 1. The predicted octanol–water partition coefficient (Wildman–Crippen LogP) is 2.49. The summed E-state index contributed by atoms with van der Waals surface area (Å²) in [6, 6.07) is 1.89. The summed E-state index contributed by atoms with van der Waals surface area (Å²) in [5.41, 5.74) is 1.55. The molecule has 3 nitrogen and oxygen atoms in total. The number of benzene rings is 1. The molecule has 1 aromatic carbocycles. The smallest absolute Gasteiger partial charge is 0.271 e. The second-order valence-electron chi connectivity index (χ2n) is 3.39. The van der Waals surface area contributed by atoms with Crippen molar-refractivity contribution in [2.75, 3.05) is 0 Å². The zero-order valence-electron chi connectivity index (χ0n) is 8.91. The van der Waals surface area contributed by atoms with Gasteiger partial charge in [0.1, 0.15) is 5.69 Å². The minimum absolute atomic E-state index is 0.127. The molecule has 7 heteroatoms. The number of halogens is 3. The quantitative estimate of drug-likeness (QED) is 0.872. The zero-order valence-corrected chi connectivity index (χ0v) is 9.73. The van der Waals surface area contributed by atoms with E-state index in [0.29, 0.717) is 0 Å². The molecule has 1 heterocycles. The Bertz CT molecular complexity index is 572. The van der Waals surface area contributed by atoms with E-state index in [2.05, 4.69) is 10.3 Å². The van der Waals surface area contributed by atoms with E-state index < -0.39 is 23.4 Å². The van der Waals surface area contributed by atoms with E-state index >= 15 is 0 Å². The van der Waals surface area contributed by atoms with Crippen molar-refractivity contribution in [3.05, 3.63) is 51.7 Å².